The predicted octanol–water partition coefficient (Wildman–Crippen LogP) is 3.88. The van der Waals surface area contributed by atoms with Crippen LogP contribution < -0.4 is 36.9 Å². The van der Waals surface area contributed by atoms with Crippen molar-refractivity contribution in [1.29, 1.82) is 0 Å². The zero-order chi connectivity index (χ0) is 29.5. The number of nitrogens with one attached hydrogen (secondary N) is 3. The Morgan fingerprint density at radius 3 is 2.33 bits per heavy atom. The molecule has 0 aliphatic heterocycles. The lowest BCUT2D eigenvalue weighted by molar-refractivity contribution is 0.0527. The minimum Gasteiger partial charge on any atom is -0.496 e. The molecule has 0 saturated carbocycles. The fraction of sp³-hybridized carbons (Fsp3) is 0.571. The van der Waals surface area contributed by atoms with Crippen molar-refractivity contribution in [3.63, 3.8) is 0 Å². The highest BCUT2D eigenvalue weighted by atomic mass is 16.6. The number of benzene rings is 1. The first-order valence-electron chi connectivity index (χ1n) is 13.7. The van der Waals surface area contributed by atoms with Gasteiger partial charge in [0.15, 0.2) is 5.82 Å². The Bertz CT molecular complexity index is 1090. The zero-order valence-corrected chi connectivity index (χ0v) is 24.7. The number of anilines is 3. The molecule has 0 aliphatic carbocycles. The number of ether oxygens (including phenoxy) is 3. The summed E-state index contributed by atoms with van der Waals surface area (Å²) in [6, 6.07) is 3.94. The number of hydrogen-bond donors (Lipinski definition) is 5. The van der Waals surface area contributed by atoms with E-state index < -0.39 is 11.7 Å². The summed E-state index contributed by atoms with van der Waals surface area (Å²) in [6.45, 7) is 10.7. The summed E-state index contributed by atoms with van der Waals surface area (Å²) in [4.78, 5) is 24.7. The lowest BCUT2D eigenvalue weighted by atomic mass is 10.1. The quantitative estimate of drug-likeness (QED) is 0.150. The summed E-state index contributed by atoms with van der Waals surface area (Å²) >= 11 is 0. The van der Waals surface area contributed by atoms with Crippen molar-refractivity contribution < 1.29 is 19.0 Å². The van der Waals surface area contributed by atoms with Crippen LogP contribution in [0.4, 0.5) is 22.2 Å². The molecule has 0 unspecified atom stereocenters. The van der Waals surface area contributed by atoms with E-state index in [-0.39, 0.29) is 5.95 Å². The van der Waals surface area contributed by atoms with Crippen LogP contribution in [0.2, 0.25) is 0 Å². The molecule has 7 N–H and O–H groups in total. The maximum absolute atomic E-state index is 11.7. The monoisotopic (exact) mass is 558 g/mol. The van der Waals surface area contributed by atoms with Crippen LogP contribution >= 0.6 is 0 Å². The van der Waals surface area contributed by atoms with Gasteiger partial charge in [-0.25, -0.2) is 9.78 Å². The second kappa shape index (κ2) is 16.3. The minimum absolute atomic E-state index is 0.126. The molecule has 12 heteroatoms. The van der Waals surface area contributed by atoms with Crippen molar-refractivity contribution in [2.75, 3.05) is 50.6 Å². The number of hydrogen-bond acceptors (Lipinski definition) is 11. The molecule has 1 aromatic heterocycles. The highest BCUT2D eigenvalue weighted by Crippen LogP contribution is 2.31. The smallest absolute Gasteiger partial charge is 0.407 e. The molecule has 2 rings (SSSR count). The summed E-state index contributed by atoms with van der Waals surface area (Å²) in [5, 5.41) is 9.40. The number of nitrogens with zero attached hydrogens (tertiary/aromatic N) is 3. The van der Waals surface area contributed by atoms with Crippen molar-refractivity contribution in [2.45, 2.75) is 72.1 Å². The lowest BCUT2D eigenvalue weighted by Gasteiger charge is -2.19. The van der Waals surface area contributed by atoms with Gasteiger partial charge in [0, 0.05) is 25.8 Å². The Morgan fingerprint density at radius 1 is 1.02 bits per heavy atom. The van der Waals surface area contributed by atoms with Crippen molar-refractivity contribution in [1.82, 2.24) is 20.6 Å². The van der Waals surface area contributed by atoms with Crippen LogP contribution in [0, 0.1) is 0 Å². The van der Waals surface area contributed by atoms with Gasteiger partial charge in [0.05, 0.1) is 26.3 Å². The van der Waals surface area contributed by atoms with E-state index >= 15 is 0 Å². The number of carbonyl (C=O) groups is 1. The van der Waals surface area contributed by atoms with E-state index in [2.05, 4.69) is 37.8 Å². The number of nitrogen functional groups attached to an aromatic ring is 2. The molecule has 0 aliphatic rings. The van der Waals surface area contributed by atoms with E-state index in [1.54, 1.807) is 20.4 Å². The Morgan fingerprint density at radius 2 is 1.70 bits per heavy atom. The van der Waals surface area contributed by atoms with Crippen molar-refractivity contribution in [3.8, 4) is 11.5 Å². The van der Waals surface area contributed by atoms with Crippen LogP contribution in [0.15, 0.2) is 17.1 Å². The molecule has 0 bridgehead atoms. The third-order valence-electron chi connectivity index (χ3n) is 5.72. The van der Waals surface area contributed by atoms with E-state index in [9.17, 15) is 4.79 Å². The van der Waals surface area contributed by atoms with Crippen LogP contribution in [0.5, 0.6) is 11.5 Å². The number of aliphatic imine (C=N–C) groups is 1. The summed E-state index contributed by atoms with van der Waals surface area (Å²) < 4.78 is 16.5. The fourth-order valence-corrected chi connectivity index (χ4v) is 3.75. The average Bonchev–Trinajstić information content (AvgIpc) is 2.89. The highest BCUT2D eigenvalue weighted by Gasteiger charge is 2.16. The van der Waals surface area contributed by atoms with E-state index in [1.807, 2.05) is 32.9 Å². The lowest BCUT2D eigenvalue weighted by Crippen LogP contribution is -2.33. The normalized spacial score (nSPS) is 11.4. The Labute approximate surface area is 237 Å². The summed E-state index contributed by atoms with van der Waals surface area (Å²) in [5.74, 6) is 1.98. The summed E-state index contributed by atoms with van der Waals surface area (Å²) in [7, 11) is 3.24. The largest absolute Gasteiger partial charge is 0.496 e. The van der Waals surface area contributed by atoms with Gasteiger partial charge in [-0.1, -0.05) is 13.3 Å². The van der Waals surface area contributed by atoms with Crippen molar-refractivity contribution >= 4 is 29.8 Å². The van der Waals surface area contributed by atoms with E-state index in [0.29, 0.717) is 48.3 Å². The molecule has 1 aromatic carbocycles. The van der Waals surface area contributed by atoms with E-state index in [0.717, 1.165) is 49.9 Å². The van der Waals surface area contributed by atoms with Gasteiger partial charge in [0.25, 0.3) is 0 Å². The van der Waals surface area contributed by atoms with Gasteiger partial charge in [0.1, 0.15) is 28.5 Å². The predicted molar refractivity (Wildman–Crippen MR) is 160 cm³/mol. The van der Waals surface area contributed by atoms with Gasteiger partial charge >= 0.3 is 6.09 Å². The molecule has 0 fully saturated rings. The van der Waals surface area contributed by atoms with Crippen LogP contribution in [0.3, 0.4) is 0 Å². The van der Waals surface area contributed by atoms with Gasteiger partial charge in [-0.2, -0.15) is 4.98 Å². The number of amides is 1. The molecule has 222 valence electrons. The van der Waals surface area contributed by atoms with Crippen LogP contribution in [-0.4, -0.2) is 61.7 Å². The van der Waals surface area contributed by atoms with Gasteiger partial charge in [-0.05, 0) is 64.3 Å². The zero-order valence-electron chi connectivity index (χ0n) is 24.7. The van der Waals surface area contributed by atoms with Gasteiger partial charge < -0.3 is 41.6 Å². The van der Waals surface area contributed by atoms with E-state index in [4.69, 9.17) is 25.7 Å². The number of nitrogens with two attached hydrogens (primary N) is 2. The third kappa shape index (κ3) is 11.1. The Hall–Kier alpha value is -3.80. The second-order valence-electron chi connectivity index (χ2n) is 10.3. The van der Waals surface area contributed by atoms with Gasteiger partial charge in [0.2, 0.25) is 5.95 Å². The molecule has 40 heavy (non-hydrogen) atoms. The maximum Gasteiger partial charge on any atom is 0.407 e. The maximum atomic E-state index is 11.7. The number of aromatic nitrogens is 2. The number of methoxy groups -OCH3 is 2. The van der Waals surface area contributed by atoms with Crippen molar-refractivity contribution in [3.05, 3.63) is 29.0 Å². The molecule has 0 spiro atoms. The van der Waals surface area contributed by atoms with Crippen molar-refractivity contribution in [2.24, 2.45) is 4.99 Å². The molecule has 0 saturated heterocycles. The number of rotatable bonds is 16. The second-order valence-corrected chi connectivity index (χ2v) is 10.3. The molecule has 12 nitrogen and oxygen atoms in total. The molecular weight excluding hydrogens is 512 g/mol. The minimum atomic E-state index is -0.496. The van der Waals surface area contributed by atoms with E-state index in [1.165, 1.54) is 0 Å². The highest BCUT2D eigenvalue weighted by molar-refractivity contribution is 5.89. The van der Waals surface area contributed by atoms with Gasteiger partial charge in [-0.15, -0.1) is 0 Å². The molecule has 1 amide bonds. The van der Waals surface area contributed by atoms with Crippen LogP contribution in [0.25, 0.3) is 0 Å². The van der Waals surface area contributed by atoms with Gasteiger partial charge in [-0.3, -0.25) is 4.99 Å². The molecule has 1 heterocycles. The Balaban J connectivity index is 1.94. The standard InChI is InChI=1S/C28H46N8O4/c1-7-8-12-33-25-24(29)21(35-26(30)36-25)18-32-17-20-22(38-5)14-19(15-23(20)39-6)16-31-11-9-10-13-34-27(37)40-28(2,3)4/h14-15,18,31H,7-13,16-17,29H2,1-6H3,(H,34,37)(H3,30,33,35,36). The molecular formula is C28H46N8O4. The first-order chi connectivity index (χ1) is 19.1. The van der Waals surface area contributed by atoms with Crippen LogP contribution in [-0.2, 0) is 17.8 Å². The third-order valence-corrected chi connectivity index (χ3v) is 5.72. The number of alkyl carbamates (subject to hydrolysis) is 1. The summed E-state index contributed by atoms with van der Waals surface area (Å²) in [6.07, 6.45) is 4.99. The Kier molecular flexibility index (Phi) is 13.2. The molecule has 0 atom stereocenters. The number of carbonyl (C=O) groups excluding carboxylic acids is 1. The summed E-state index contributed by atoms with van der Waals surface area (Å²) in [5.41, 5.74) is 14.3. The average molecular weight is 559 g/mol. The number of unbranched alkanes of at least 4 members (excludes halogenated alkanes) is 2. The molecule has 2 aromatic rings. The molecule has 0 radical (unpaired) electrons. The first kappa shape index (κ1) is 32.4. The van der Waals surface area contributed by atoms with Crippen LogP contribution in [0.1, 0.15) is 70.2 Å². The SMILES string of the molecule is CCCCNc1nc(N)nc(C=NCc2c(OC)cc(CNCCCCNC(=O)OC(C)(C)C)cc2OC)c1N. The fourth-order valence-electron chi connectivity index (χ4n) is 3.75. The topological polar surface area (TPSA) is 171 Å². The first-order valence-corrected chi connectivity index (χ1v) is 13.7.